The van der Waals surface area contributed by atoms with Crippen molar-refractivity contribution in [1.29, 1.82) is 0 Å². The number of rotatable bonds is 6. The van der Waals surface area contributed by atoms with Gasteiger partial charge in [-0.05, 0) is 97.7 Å². The van der Waals surface area contributed by atoms with Gasteiger partial charge in [-0.3, -0.25) is 4.98 Å². The van der Waals surface area contributed by atoms with E-state index in [1.54, 1.807) is 0 Å². The highest BCUT2D eigenvalue weighted by atomic mass is 15.1. The van der Waals surface area contributed by atoms with Gasteiger partial charge in [0.2, 0.25) is 0 Å². The van der Waals surface area contributed by atoms with E-state index in [4.69, 9.17) is 4.98 Å². The van der Waals surface area contributed by atoms with Gasteiger partial charge in [0, 0.05) is 22.4 Å². The Labute approximate surface area is 294 Å². The minimum Gasteiger partial charge on any atom is -0.309 e. The van der Waals surface area contributed by atoms with E-state index in [9.17, 15) is 0 Å². The Balaban J connectivity index is 1.17. The molecule has 1 heterocycles. The molecule has 50 heavy (non-hydrogen) atoms. The second-order valence-electron chi connectivity index (χ2n) is 13.6. The van der Waals surface area contributed by atoms with E-state index in [-0.39, 0.29) is 5.41 Å². The molecule has 0 radical (unpaired) electrons. The summed E-state index contributed by atoms with van der Waals surface area (Å²) in [7, 11) is 0. The number of aromatic nitrogens is 1. The van der Waals surface area contributed by atoms with Crippen LogP contribution < -0.4 is 4.90 Å². The molecule has 0 fully saturated rings. The first-order chi connectivity index (χ1) is 24.6. The molecule has 0 saturated carbocycles. The molecule has 0 bridgehead atoms. The van der Waals surface area contributed by atoms with Crippen molar-refractivity contribution < 1.29 is 0 Å². The zero-order valence-electron chi connectivity index (χ0n) is 28.2. The zero-order chi connectivity index (χ0) is 33.7. The zero-order valence-corrected chi connectivity index (χ0v) is 28.2. The molecule has 7 aromatic carbocycles. The Morgan fingerprint density at radius 3 is 1.56 bits per heavy atom. The molecule has 0 amide bonds. The molecule has 1 aromatic heterocycles. The summed E-state index contributed by atoms with van der Waals surface area (Å²) in [5.74, 6) is 0. The molecule has 0 unspecified atom stereocenters. The van der Waals surface area contributed by atoms with Crippen molar-refractivity contribution in [3.63, 3.8) is 0 Å². The van der Waals surface area contributed by atoms with Crippen LogP contribution in [-0.4, -0.2) is 4.98 Å². The molecule has 0 spiro atoms. The summed E-state index contributed by atoms with van der Waals surface area (Å²) in [5, 5.41) is 2.47. The average Bonchev–Trinajstić information content (AvgIpc) is 3.41. The number of nitrogens with zero attached hydrogens (tertiary/aromatic N) is 2. The van der Waals surface area contributed by atoms with E-state index in [2.05, 4.69) is 195 Å². The van der Waals surface area contributed by atoms with Crippen LogP contribution >= 0.6 is 0 Å². The summed E-state index contributed by atoms with van der Waals surface area (Å²) in [4.78, 5) is 7.56. The molecule has 238 valence electrons. The summed E-state index contributed by atoms with van der Waals surface area (Å²) >= 11 is 0. The van der Waals surface area contributed by atoms with Gasteiger partial charge in [-0.25, -0.2) is 0 Å². The minimum atomic E-state index is -0.0979. The van der Waals surface area contributed by atoms with Crippen LogP contribution in [0.25, 0.3) is 55.4 Å². The lowest BCUT2D eigenvalue weighted by Crippen LogP contribution is -2.15. The van der Waals surface area contributed by atoms with Crippen molar-refractivity contribution in [2.24, 2.45) is 0 Å². The third-order valence-corrected chi connectivity index (χ3v) is 10.3. The molecule has 9 rings (SSSR count). The number of pyridine rings is 1. The third-order valence-electron chi connectivity index (χ3n) is 10.3. The third kappa shape index (κ3) is 5.00. The SMILES string of the molecule is CC1(C)c2ccccc2-c2c1cc1ccccc1c2-c1ccc(N(c2ccc(-c3ccccc3)cc2)c2ccc(-c3ccccc3)cc2)cn1. The molecule has 2 heteroatoms. The fraction of sp³-hybridized carbons (Fsp3) is 0.0625. The predicted molar refractivity (Wildman–Crippen MR) is 210 cm³/mol. The highest BCUT2D eigenvalue weighted by Crippen LogP contribution is 2.54. The van der Waals surface area contributed by atoms with Gasteiger partial charge in [-0.2, -0.15) is 0 Å². The lowest BCUT2D eigenvalue weighted by molar-refractivity contribution is 0.661. The summed E-state index contributed by atoms with van der Waals surface area (Å²) < 4.78 is 0. The van der Waals surface area contributed by atoms with Crippen LogP contribution in [-0.2, 0) is 5.41 Å². The molecule has 8 aromatic rings. The smallest absolute Gasteiger partial charge is 0.0716 e. The highest BCUT2D eigenvalue weighted by Gasteiger charge is 2.37. The van der Waals surface area contributed by atoms with Crippen LogP contribution in [0.3, 0.4) is 0 Å². The maximum Gasteiger partial charge on any atom is 0.0716 e. The van der Waals surface area contributed by atoms with E-state index < -0.39 is 0 Å². The molecule has 0 aliphatic heterocycles. The number of benzene rings is 7. The summed E-state index contributed by atoms with van der Waals surface area (Å²) in [5.41, 5.74) is 15.4. The summed E-state index contributed by atoms with van der Waals surface area (Å²) in [6, 6.07) is 63.1. The molecule has 0 saturated heterocycles. The van der Waals surface area contributed by atoms with E-state index in [0.717, 1.165) is 22.8 Å². The summed E-state index contributed by atoms with van der Waals surface area (Å²) in [6.45, 7) is 4.69. The van der Waals surface area contributed by atoms with E-state index in [1.807, 2.05) is 6.20 Å². The van der Waals surface area contributed by atoms with Gasteiger partial charge in [0.05, 0.1) is 17.6 Å². The molecular formula is C48H36N2. The van der Waals surface area contributed by atoms with Gasteiger partial charge < -0.3 is 4.90 Å². The topological polar surface area (TPSA) is 16.1 Å². The van der Waals surface area contributed by atoms with Gasteiger partial charge in [-0.15, -0.1) is 0 Å². The van der Waals surface area contributed by atoms with Crippen LogP contribution in [0.4, 0.5) is 17.1 Å². The van der Waals surface area contributed by atoms with Crippen LogP contribution in [0, 0.1) is 0 Å². The molecule has 2 nitrogen and oxygen atoms in total. The maximum absolute atomic E-state index is 5.26. The molecule has 1 aliphatic carbocycles. The van der Waals surface area contributed by atoms with Gasteiger partial charge in [-0.1, -0.05) is 147 Å². The van der Waals surface area contributed by atoms with Crippen LogP contribution in [0.15, 0.2) is 182 Å². The second kappa shape index (κ2) is 12.0. The van der Waals surface area contributed by atoms with Crippen molar-refractivity contribution >= 4 is 27.8 Å². The normalized spacial score (nSPS) is 12.8. The van der Waals surface area contributed by atoms with Gasteiger partial charge >= 0.3 is 0 Å². The van der Waals surface area contributed by atoms with Gasteiger partial charge in [0.1, 0.15) is 0 Å². The second-order valence-corrected chi connectivity index (χ2v) is 13.6. The Bertz CT molecular complexity index is 2380. The molecule has 0 atom stereocenters. The number of hydrogen-bond acceptors (Lipinski definition) is 2. The van der Waals surface area contributed by atoms with Gasteiger partial charge in [0.25, 0.3) is 0 Å². The summed E-state index contributed by atoms with van der Waals surface area (Å²) in [6.07, 6.45) is 2.03. The van der Waals surface area contributed by atoms with Crippen molar-refractivity contribution in [1.82, 2.24) is 4.98 Å². The van der Waals surface area contributed by atoms with Crippen molar-refractivity contribution in [2.75, 3.05) is 4.90 Å². The van der Waals surface area contributed by atoms with Crippen LogP contribution in [0.5, 0.6) is 0 Å². The Kier molecular flexibility index (Phi) is 7.17. The average molecular weight is 641 g/mol. The number of hydrogen-bond donors (Lipinski definition) is 0. The Morgan fingerprint density at radius 1 is 0.440 bits per heavy atom. The Morgan fingerprint density at radius 2 is 0.960 bits per heavy atom. The maximum atomic E-state index is 5.26. The fourth-order valence-electron chi connectivity index (χ4n) is 7.76. The largest absolute Gasteiger partial charge is 0.309 e. The standard InChI is InChI=1S/C48H36N2/c1-48(2)43-20-12-11-19-42(43)46-44(48)31-37-17-9-10-18-41(37)47(46)45-30-29-40(32-49-45)50(38-25-21-35(22-26-38)33-13-5-3-6-14-33)39-27-23-36(24-28-39)34-15-7-4-8-16-34/h3-32H,1-2H3. The molecule has 0 N–H and O–H groups in total. The van der Waals surface area contributed by atoms with Crippen LogP contribution in [0.2, 0.25) is 0 Å². The van der Waals surface area contributed by atoms with Crippen molar-refractivity contribution in [2.45, 2.75) is 19.3 Å². The lowest BCUT2D eigenvalue weighted by Gasteiger charge is -2.26. The van der Waals surface area contributed by atoms with Crippen molar-refractivity contribution in [3.8, 4) is 44.6 Å². The fourth-order valence-corrected chi connectivity index (χ4v) is 7.76. The van der Waals surface area contributed by atoms with E-state index in [1.165, 1.54) is 60.8 Å². The predicted octanol–water partition coefficient (Wildman–Crippen LogP) is 13.0. The first-order valence-electron chi connectivity index (χ1n) is 17.3. The van der Waals surface area contributed by atoms with E-state index in [0.29, 0.717) is 0 Å². The first kappa shape index (κ1) is 29.9. The first-order valence-corrected chi connectivity index (χ1v) is 17.3. The van der Waals surface area contributed by atoms with Gasteiger partial charge in [0.15, 0.2) is 0 Å². The Hall–Kier alpha value is -6.25. The van der Waals surface area contributed by atoms with Crippen LogP contribution in [0.1, 0.15) is 25.0 Å². The van der Waals surface area contributed by atoms with E-state index >= 15 is 0 Å². The molecular weight excluding hydrogens is 605 g/mol. The lowest BCUT2D eigenvalue weighted by atomic mass is 9.81. The monoisotopic (exact) mass is 640 g/mol. The number of fused-ring (bicyclic) bond motifs is 4. The molecule has 1 aliphatic rings. The quantitative estimate of drug-likeness (QED) is 0.180. The number of anilines is 3. The van der Waals surface area contributed by atoms with Crippen molar-refractivity contribution in [3.05, 3.63) is 193 Å². The minimum absolute atomic E-state index is 0.0979. The highest BCUT2D eigenvalue weighted by molar-refractivity contribution is 6.07.